The van der Waals surface area contributed by atoms with Crippen LogP contribution < -0.4 is 4.90 Å². The number of rotatable bonds is 4. The van der Waals surface area contributed by atoms with E-state index >= 15 is 0 Å². The first kappa shape index (κ1) is 19.0. The minimum atomic E-state index is -3.61. The van der Waals surface area contributed by atoms with Gasteiger partial charge in [-0.2, -0.15) is 14.6 Å². The van der Waals surface area contributed by atoms with Gasteiger partial charge in [0.1, 0.15) is 16.7 Å². The second-order valence-electron chi connectivity index (χ2n) is 7.33. The van der Waals surface area contributed by atoms with Crippen molar-refractivity contribution in [1.29, 1.82) is 5.26 Å². The minimum Gasteiger partial charge on any atom is -0.455 e. The van der Waals surface area contributed by atoms with Crippen molar-refractivity contribution in [3.63, 3.8) is 0 Å². The molecule has 0 atom stereocenters. The van der Waals surface area contributed by atoms with Crippen LogP contribution in [0.4, 0.5) is 5.88 Å². The van der Waals surface area contributed by atoms with Gasteiger partial charge < -0.3 is 13.7 Å². The van der Waals surface area contributed by atoms with E-state index < -0.39 is 10.0 Å². The molecule has 2 saturated heterocycles. The quantitative estimate of drug-likeness (QED) is 0.770. The van der Waals surface area contributed by atoms with Gasteiger partial charge in [-0.15, -0.1) is 0 Å². The summed E-state index contributed by atoms with van der Waals surface area (Å²) in [4.78, 5) is 6.40. The molecular weight excluding hydrogens is 380 g/mol. The van der Waals surface area contributed by atoms with Gasteiger partial charge in [-0.3, -0.25) is 0 Å². The van der Waals surface area contributed by atoms with Crippen molar-refractivity contribution in [1.82, 2.24) is 9.29 Å². The molecule has 0 radical (unpaired) electrons. The molecule has 0 amide bonds. The van der Waals surface area contributed by atoms with Gasteiger partial charge in [0.2, 0.25) is 21.6 Å². The molecule has 0 aromatic carbocycles. The molecule has 0 spiro atoms. The summed E-state index contributed by atoms with van der Waals surface area (Å²) < 4.78 is 39.0. The zero-order valence-corrected chi connectivity index (χ0v) is 16.8. The Balaban J connectivity index is 1.67. The molecule has 28 heavy (non-hydrogen) atoms. The van der Waals surface area contributed by atoms with Crippen LogP contribution in [0.1, 0.15) is 50.0 Å². The molecule has 9 heteroatoms. The molecule has 2 fully saturated rings. The summed E-state index contributed by atoms with van der Waals surface area (Å²) in [5.74, 6) is 1.11. The van der Waals surface area contributed by atoms with Crippen LogP contribution in [0.2, 0.25) is 0 Å². The second-order valence-corrected chi connectivity index (χ2v) is 9.23. The van der Waals surface area contributed by atoms with E-state index in [1.807, 2.05) is 4.90 Å². The molecule has 0 unspecified atom stereocenters. The zero-order valence-electron chi connectivity index (χ0n) is 16.0. The summed E-state index contributed by atoms with van der Waals surface area (Å²) >= 11 is 0. The van der Waals surface area contributed by atoms with Gasteiger partial charge in [0.05, 0.1) is 0 Å². The first-order chi connectivity index (χ1) is 13.5. The van der Waals surface area contributed by atoms with Crippen molar-refractivity contribution in [3.05, 3.63) is 17.5 Å². The van der Waals surface area contributed by atoms with E-state index in [9.17, 15) is 13.7 Å². The largest absolute Gasteiger partial charge is 0.455 e. The molecule has 4 rings (SSSR count). The van der Waals surface area contributed by atoms with E-state index in [2.05, 4.69) is 11.1 Å². The maximum atomic E-state index is 13.0. The third-order valence-corrected chi connectivity index (χ3v) is 7.38. The molecule has 2 aliphatic rings. The highest BCUT2D eigenvalue weighted by atomic mass is 32.2. The summed E-state index contributed by atoms with van der Waals surface area (Å²) in [6.45, 7) is 4.31. The van der Waals surface area contributed by atoms with Crippen molar-refractivity contribution in [3.8, 4) is 17.7 Å². The van der Waals surface area contributed by atoms with Crippen molar-refractivity contribution < 1.29 is 17.3 Å². The molecule has 0 aliphatic carbocycles. The Morgan fingerprint density at radius 1 is 1.04 bits per heavy atom. The first-order valence-electron chi connectivity index (χ1n) is 9.77. The lowest BCUT2D eigenvalue weighted by atomic mass is 10.1. The Kier molecular flexibility index (Phi) is 5.17. The van der Waals surface area contributed by atoms with Gasteiger partial charge in [-0.25, -0.2) is 8.42 Å². The van der Waals surface area contributed by atoms with E-state index in [1.54, 1.807) is 6.92 Å². The third kappa shape index (κ3) is 3.42. The highest BCUT2D eigenvalue weighted by Crippen LogP contribution is 2.34. The molecule has 0 bridgehead atoms. The molecule has 2 aliphatic heterocycles. The Morgan fingerprint density at radius 2 is 1.68 bits per heavy atom. The van der Waals surface area contributed by atoms with Gasteiger partial charge in [0.15, 0.2) is 5.76 Å². The summed E-state index contributed by atoms with van der Waals surface area (Å²) in [5.41, 5.74) is 0.200. The number of aromatic nitrogens is 1. The lowest BCUT2D eigenvalue weighted by Gasteiger charge is -2.25. The van der Waals surface area contributed by atoms with Gasteiger partial charge >= 0.3 is 0 Å². The topological polar surface area (TPSA) is 104 Å². The number of hydrogen-bond acceptors (Lipinski definition) is 7. The molecule has 150 valence electrons. The fourth-order valence-corrected chi connectivity index (χ4v) is 5.55. The summed E-state index contributed by atoms with van der Waals surface area (Å²) in [6, 6.07) is 3.54. The van der Waals surface area contributed by atoms with Gasteiger partial charge in [-0.05, 0) is 39.0 Å². The van der Waals surface area contributed by atoms with Crippen molar-refractivity contribution in [2.75, 3.05) is 31.1 Å². The number of oxazole rings is 1. The number of nitriles is 1. The van der Waals surface area contributed by atoms with Crippen LogP contribution in [-0.2, 0) is 10.0 Å². The van der Waals surface area contributed by atoms with Gasteiger partial charge in [-0.1, -0.05) is 6.42 Å². The fourth-order valence-electron chi connectivity index (χ4n) is 3.87. The van der Waals surface area contributed by atoms with Crippen LogP contribution >= 0.6 is 0 Å². The van der Waals surface area contributed by atoms with Crippen LogP contribution in [0, 0.1) is 18.3 Å². The predicted molar refractivity (Wildman–Crippen MR) is 102 cm³/mol. The fraction of sp³-hybridized carbons (Fsp3) is 0.579. The summed E-state index contributed by atoms with van der Waals surface area (Å²) in [5, 5.41) is 9.44. The number of furan rings is 1. The van der Waals surface area contributed by atoms with Crippen LogP contribution in [0.15, 0.2) is 19.8 Å². The summed E-state index contributed by atoms with van der Waals surface area (Å²) in [6.07, 6.45) is 6.03. The Morgan fingerprint density at radius 3 is 2.32 bits per heavy atom. The second kappa shape index (κ2) is 7.60. The van der Waals surface area contributed by atoms with Crippen LogP contribution in [-0.4, -0.2) is 43.9 Å². The summed E-state index contributed by atoms with van der Waals surface area (Å²) in [7, 11) is -3.61. The van der Waals surface area contributed by atoms with Crippen LogP contribution in [0.5, 0.6) is 0 Å². The van der Waals surface area contributed by atoms with Gasteiger partial charge in [0, 0.05) is 32.2 Å². The number of hydrogen-bond donors (Lipinski definition) is 0. The molecule has 4 heterocycles. The van der Waals surface area contributed by atoms with Crippen molar-refractivity contribution in [2.24, 2.45) is 0 Å². The number of nitrogens with zero attached hydrogens (tertiary/aromatic N) is 4. The molecule has 8 nitrogen and oxygen atoms in total. The SMILES string of the molecule is Cc1oc(-c2nc(C#N)c(N3CCCCC3)o2)cc1S(=O)(=O)N1CCCCC1. The zero-order chi connectivity index (χ0) is 19.7. The average Bonchev–Trinajstić information content (AvgIpc) is 3.33. The van der Waals surface area contributed by atoms with E-state index in [4.69, 9.17) is 8.83 Å². The lowest BCUT2D eigenvalue weighted by molar-refractivity contribution is 0.346. The third-order valence-electron chi connectivity index (χ3n) is 5.37. The van der Waals surface area contributed by atoms with Crippen molar-refractivity contribution >= 4 is 15.9 Å². The Labute approximate surface area is 164 Å². The smallest absolute Gasteiger partial charge is 0.266 e. The molecule has 2 aromatic rings. The highest BCUT2D eigenvalue weighted by molar-refractivity contribution is 7.89. The van der Waals surface area contributed by atoms with E-state index in [-0.39, 0.29) is 22.2 Å². The van der Waals surface area contributed by atoms with Gasteiger partial charge in [0.25, 0.3) is 5.89 Å². The number of aryl methyl sites for hydroxylation is 1. The average molecular weight is 404 g/mol. The number of anilines is 1. The van der Waals surface area contributed by atoms with Crippen LogP contribution in [0.25, 0.3) is 11.7 Å². The first-order valence-corrected chi connectivity index (χ1v) is 11.2. The minimum absolute atomic E-state index is 0.139. The number of sulfonamides is 1. The van der Waals surface area contributed by atoms with Crippen molar-refractivity contribution in [2.45, 2.75) is 50.3 Å². The molecule has 0 N–H and O–H groups in total. The van der Waals surface area contributed by atoms with Crippen LogP contribution in [0.3, 0.4) is 0 Å². The monoisotopic (exact) mass is 404 g/mol. The van der Waals surface area contributed by atoms with E-state index in [0.717, 1.165) is 51.6 Å². The normalized spacial score (nSPS) is 18.9. The van der Waals surface area contributed by atoms with E-state index in [0.29, 0.717) is 24.7 Å². The Hall–Kier alpha value is -2.31. The predicted octanol–water partition coefficient (Wildman–Crippen LogP) is 3.28. The maximum absolute atomic E-state index is 13.0. The molecule has 0 saturated carbocycles. The molecule has 2 aromatic heterocycles. The Bertz CT molecular complexity index is 990. The lowest BCUT2D eigenvalue weighted by Crippen LogP contribution is -2.35. The molecular formula is C19H24N4O4S. The highest BCUT2D eigenvalue weighted by Gasteiger charge is 2.31. The van der Waals surface area contributed by atoms with E-state index in [1.165, 1.54) is 10.4 Å². The standard InChI is InChI=1S/C19H24N4O4S/c1-14-17(28(24,25)23-10-6-3-7-11-23)12-16(26-14)18-21-15(13-20)19(27-18)22-8-4-2-5-9-22/h12H,2-11H2,1H3. The maximum Gasteiger partial charge on any atom is 0.266 e. The number of piperidine rings is 2.